The number of nitrogens with one attached hydrogen (secondary N) is 1. The van der Waals surface area contributed by atoms with Crippen LogP contribution >= 0.6 is 11.6 Å². The Morgan fingerprint density at radius 2 is 1.77 bits per heavy atom. The summed E-state index contributed by atoms with van der Waals surface area (Å²) in [7, 11) is 0. The van der Waals surface area contributed by atoms with Crippen molar-refractivity contribution in [2.75, 3.05) is 36.4 Å². The smallest absolute Gasteiger partial charge is 0.241 e. The molecule has 1 amide bonds. The summed E-state index contributed by atoms with van der Waals surface area (Å²) in [5.41, 5.74) is 2.85. The van der Waals surface area contributed by atoms with Crippen LogP contribution in [-0.2, 0) is 4.79 Å². The van der Waals surface area contributed by atoms with Crippen LogP contribution in [0.2, 0.25) is 5.02 Å². The van der Waals surface area contributed by atoms with Crippen molar-refractivity contribution >= 4 is 28.9 Å². The first kappa shape index (κ1) is 18.5. The van der Waals surface area contributed by atoms with Gasteiger partial charge in [0.15, 0.2) is 0 Å². The van der Waals surface area contributed by atoms with E-state index >= 15 is 0 Å². The molecule has 6 heteroatoms. The molecule has 0 spiro atoms. The number of rotatable bonds is 4. The van der Waals surface area contributed by atoms with Gasteiger partial charge >= 0.3 is 0 Å². The van der Waals surface area contributed by atoms with Gasteiger partial charge < -0.3 is 15.3 Å². The number of aryl methyl sites for hydroxylation is 1. The Morgan fingerprint density at radius 1 is 1.12 bits per heavy atom. The molecule has 1 heterocycles. The van der Waals surface area contributed by atoms with Crippen LogP contribution in [0.5, 0.6) is 5.75 Å². The number of phenolic OH excluding ortho intramolecular Hbond substituents is 1. The third kappa shape index (κ3) is 4.29. The summed E-state index contributed by atoms with van der Waals surface area (Å²) in [6, 6.07) is 12.5. The zero-order chi connectivity index (χ0) is 18.7. The van der Waals surface area contributed by atoms with Crippen LogP contribution in [0, 0.1) is 6.92 Å². The summed E-state index contributed by atoms with van der Waals surface area (Å²) < 4.78 is 0. The van der Waals surface area contributed by atoms with Crippen molar-refractivity contribution in [2.24, 2.45) is 0 Å². The maximum atomic E-state index is 12.6. The predicted molar refractivity (Wildman–Crippen MR) is 106 cm³/mol. The van der Waals surface area contributed by atoms with E-state index in [0.717, 1.165) is 43.1 Å². The Bertz CT molecular complexity index is 771. The van der Waals surface area contributed by atoms with Gasteiger partial charge in [-0.25, -0.2) is 0 Å². The van der Waals surface area contributed by atoms with Crippen molar-refractivity contribution in [3.63, 3.8) is 0 Å². The molecule has 1 atom stereocenters. The first-order valence-electron chi connectivity index (χ1n) is 8.79. The highest BCUT2D eigenvalue weighted by Crippen LogP contribution is 2.22. The first-order chi connectivity index (χ1) is 12.4. The van der Waals surface area contributed by atoms with Gasteiger partial charge in [-0.2, -0.15) is 0 Å². The van der Waals surface area contributed by atoms with Crippen molar-refractivity contribution < 1.29 is 9.90 Å². The molecule has 0 saturated carbocycles. The molecule has 1 aliphatic rings. The fraction of sp³-hybridized carbons (Fsp3) is 0.350. The van der Waals surface area contributed by atoms with Crippen LogP contribution in [0.25, 0.3) is 0 Å². The molecule has 5 nitrogen and oxygen atoms in total. The van der Waals surface area contributed by atoms with Gasteiger partial charge in [0.05, 0.1) is 6.04 Å². The first-order valence-corrected chi connectivity index (χ1v) is 9.17. The third-order valence-electron chi connectivity index (χ3n) is 4.91. The number of amides is 1. The standard InChI is InChI=1S/C20H24ClN3O2/c1-14-3-4-16(21)13-19(14)22-20(26)15(2)23-9-11-24(12-10-23)17-5-7-18(25)8-6-17/h3-8,13,15,25H,9-12H2,1-2H3,(H,22,26)/t15-/m1/s1. The zero-order valence-corrected chi connectivity index (χ0v) is 15.8. The SMILES string of the molecule is Cc1ccc(Cl)cc1NC(=O)[C@@H](C)N1CCN(c2ccc(O)cc2)CC1. The zero-order valence-electron chi connectivity index (χ0n) is 15.1. The number of halogens is 1. The number of carbonyl (C=O) groups excluding carboxylic acids is 1. The molecule has 1 fully saturated rings. The average molecular weight is 374 g/mol. The van der Waals surface area contributed by atoms with Crippen LogP contribution in [0.15, 0.2) is 42.5 Å². The lowest BCUT2D eigenvalue weighted by Gasteiger charge is -2.38. The average Bonchev–Trinajstić information content (AvgIpc) is 2.65. The van der Waals surface area contributed by atoms with Crippen LogP contribution in [0.1, 0.15) is 12.5 Å². The minimum atomic E-state index is -0.213. The molecular formula is C20H24ClN3O2. The van der Waals surface area contributed by atoms with Crippen molar-refractivity contribution in [1.29, 1.82) is 0 Å². The molecule has 0 radical (unpaired) electrons. The van der Waals surface area contributed by atoms with Gasteiger partial charge in [-0.1, -0.05) is 17.7 Å². The maximum absolute atomic E-state index is 12.6. The molecule has 0 bridgehead atoms. The Kier molecular flexibility index (Phi) is 5.69. The molecular weight excluding hydrogens is 350 g/mol. The van der Waals surface area contributed by atoms with Gasteiger partial charge in [0, 0.05) is 42.6 Å². The van der Waals surface area contributed by atoms with Crippen LogP contribution in [0.4, 0.5) is 11.4 Å². The lowest BCUT2D eigenvalue weighted by atomic mass is 10.1. The number of nitrogens with zero attached hydrogens (tertiary/aromatic N) is 2. The highest BCUT2D eigenvalue weighted by Gasteiger charge is 2.26. The van der Waals surface area contributed by atoms with Crippen LogP contribution in [0.3, 0.4) is 0 Å². The summed E-state index contributed by atoms with van der Waals surface area (Å²) in [4.78, 5) is 17.1. The predicted octanol–water partition coefficient (Wildman–Crippen LogP) is 3.50. The molecule has 2 aromatic carbocycles. The number of piperazine rings is 1. The largest absolute Gasteiger partial charge is 0.508 e. The Balaban J connectivity index is 1.57. The Hall–Kier alpha value is -2.24. The molecule has 0 aliphatic carbocycles. The molecule has 3 rings (SSSR count). The van der Waals surface area contributed by atoms with E-state index in [0.29, 0.717) is 5.02 Å². The number of hydrogen-bond donors (Lipinski definition) is 2. The summed E-state index contributed by atoms with van der Waals surface area (Å²) in [6.07, 6.45) is 0. The van der Waals surface area contributed by atoms with E-state index in [2.05, 4.69) is 15.1 Å². The minimum absolute atomic E-state index is 0.0200. The summed E-state index contributed by atoms with van der Waals surface area (Å²) in [5, 5.41) is 13.0. The molecule has 1 aliphatic heterocycles. The highest BCUT2D eigenvalue weighted by molar-refractivity contribution is 6.31. The number of anilines is 2. The van der Waals surface area contributed by atoms with Crippen molar-refractivity contribution in [3.05, 3.63) is 53.1 Å². The molecule has 2 aromatic rings. The van der Waals surface area contributed by atoms with E-state index in [4.69, 9.17) is 11.6 Å². The molecule has 138 valence electrons. The normalized spacial score (nSPS) is 16.3. The second-order valence-corrected chi connectivity index (χ2v) is 7.10. The van der Waals surface area contributed by atoms with E-state index < -0.39 is 0 Å². The topological polar surface area (TPSA) is 55.8 Å². The Morgan fingerprint density at radius 3 is 2.42 bits per heavy atom. The van der Waals surface area contributed by atoms with Gasteiger partial charge in [0.1, 0.15) is 5.75 Å². The van der Waals surface area contributed by atoms with Crippen molar-refractivity contribution in [2.45, 2.75) is 19.9 Å². The van der Waals surface area contributed by atoms with Gasteiger partial charge in [-0.3, -0.25) is 9.69 Å². The van der Waals surface area contributed by atoms with E-state index in [1.807, 2.05) is 38.1 Å². The number of benzene rings is 2. The van der Waals surface area contributed by atoms with Gasteiger partial charge in [-0.15, -0.1) is 0 Å². The molecule has 2 N–H and O–H groups in total. The molecule has 0 aromatic heterocycles. The number of aromatic hydroxyl groups is 1. The maximum Gasteiger partial charge on any atom is 0.241 e. The van der Waals surface area contributed by atoms with Crippen molar-refractivity contribution in [1.82, 2.24) is 4.90 Å². The molecule has 0 unspecified atom stereocenters. The number of carbonyl (C=O) groups is 1. The molecule has 26 heavy (non-hydrogen) atoms. The number of hydrogen-bond acceptors (Lipinski definition) is 4. The quantitative estimate of drug-likeness (QED) is 0.861. The fourth-order valence-corrected chi connectivity index (χ4v) is 3.33. The highest BCUT2D eigenvalue weighted by atomic mass is 35.5. The van der Waals surface area contributed by atoms with Crippen LogP contribution < -0.4 is 10.2 Å². The van der Waals surface area contributed by atoms with E-state index in [-0.39, 0.29) is 17.7 Å². The van der Waals surface area contributed by atoms with E-state index in [9.17, 15) is 9.90 Å². The van der Waals surface area contributed by atoms with Gasteiger partial charge in [0.25, 0.3) is 0 Å². The van der Waals surface area contributed by atoms with Crippen molar-refractivity contribution in [3.8, 4) is 5.75 Å². The second-order valence-electron chi connectivity index (χ2n) is 6.66. The fourth-order valence-electron chi connectivity index (χ4n) is 3.16. The second kappa shape index (κ2) is 7.98. The van der Waals surface area contributed by atoms with E-state index in [1.54, 1.807) is 18.2 Å². The van der Waals surface area contributed by atoms with Gasteiger partial charge in [0.2, 0.25) is 5.91 Å². The lowest BCUT2D eigenvalue weighted by Crippen LogP contribution is -2.52. The molecule has 1 saturated heterocycles. The van der Waals surface area contributed by atoms with Crippen LogP contribution in [-0.4, -0.2) is 48.1 Å². The Labute approximate surface area is 159 Å². The minimum Gasteiger partial charge on any atom is -0.508 e. The summed E-state index contributed by atoms with van der Waals surface area (Å²) in [5.74, 6) is 0.252. The summed E-state index contributed by atoms with van der Waals surface area (Å²) >= 11 is 6.03. The lowest BCUT2D eigenvalue weighted by molar-refractivity contribution is -0.120. The third-order valence-corrected chi connectivity index (χ3v) is 5.15. The van der Waals surface area contributed by atoms with Gasteiger partial charge in [-0.05, 0) is 55.8 Å². The number of phenols is 1. The monoisotopic (exact) mass is 373 g/mol. The van der Waals surface area contributed by atoms with E-state index in [1.165, 1.54) is 0 Å². The summed E-state index contributed by atoms with van der Waals surface area (Å²) in [6.45, 7) is 7.20.